The third kappa shape index (κ3) is 15.2. The molecule has 1 aromatic carbocycles. The van der Waals surface area contributed by atoms with E-state index in [9.17, 15) is 24.0 Å². The molecule has 444 valence electrons. The van der Waals surface area contributed by atoms with Crippen molar-refractivity contribution in [1.29, 1.82) is 0 Å². The fraction of sp³-hybridized carbons (Fsp3) is 0.825. The van der Waals surface area contributed by atoms with E-state index < -0.39 is 44.5 Å². The number of carbonyl (C=O) groups is 5. The standard InChI is InChI=1S/C63H99NO14Si/c1-12-79(13-2,14-3)78-60(42(9)56-27-21-38(5)72-56)35-49-25-29-54(76-49)40(7)52(66)33-47-23-31-58(74-47)44(11)62(68)77-59(41(8)55-26-20-37(4)71-55)34-48-24-28-53(75-48)39(6)51(65)32-46-22-30-57(73-46)43(10)61(67)64-50(36-70-63(64)69)45-18-16-15-17-19-45/h15-19,37-44,46-50,53-60H,12-14,20-36H2,1-11H3/t37-,38-,39+,40+,41+,42+,43+,44+,46+,47+,48+,49+,50-,53-,54-,55+,56+,57+,58+,59-,60-/m1/s1. The highest BCUT2D eigenvalue weighted by Crippen LogP contribution is 2.41. The summed E-state index contributed by atoms with van der Waals surface area (Å²) < 4.78 is 58.0. The van der Waals surface area contributed by atoms with E-state index in [1.807, 2.05) is 51.1 Å². The molecular weight excluding hydrogens is 1020 g/mol. The summed E-state index contributed by atoms with van der Waals surface area (Å²) in [6.07, 6.45) is 9.17. The Labute approximate surface area is 473 Å². The highest BCUT2D eigenvalue weighted by atomic mass is 28.4. The van der Waals surface area contributed by atoms with Crippen molar-refractivity contribution in [1.82, 2.24) is 4.90 Å². The quantitative estimate of drug-likeness (QED) is 0.0602. The van der Waals surface area contributed by atoms with E-state index in [1.54, 1.807) is 6.92 Å². The minimum absolute atomic E-state index is 0.0432. The number of amides is 2. The summed E-state index contributed by atoms with van der Waals surface area (Å²) in [5, 5.41) is 0. The molecule has 79 heavy (non-hydrogen) atoms. The molecule has 7 heterocycles. The van der Waals surface area contributed by atoms with Gasteiger partial charge < -0.3 is 42.3 Å². The first kappa shape index (κ1) is 62.0. The molecule has 0 aliphatic carbocycles. The molecule has 7 saturated heterocycles. The number of esters is 1. The molecule has 8 rings (SSSR count). The molecule has 16 heteroatoms. The van der Waals surface area contributed by atoms with Gasteiger partial charge in [-0.15, -0.1) is 0 Å². The Morgan fingerprint density at radius 3 is 1.46 bits per heavy atom. The molecular formula is C63H99NO14Si. The monoisotopic (exact) mass is 1120 g/mol. The lowest BCUT2D eigenvalue weighted by molar-refractivity contribution is -0.166. The summed E-state index contributed by atoms with van der Waals surface area (Å²) in [5.74, 6) is -2.02. The fourth-order valence-corrected chi connectivity index (χ4v) is 17.1. The average Bonchev–Trinajstić information content (AvgIpc) is 4.39. The van der Waals surface area contributed by atoms with Crippen molar-refractivity contribution in [3.8, 4) is 0 Å². The topological polar surface area (TPSA) is 172 Å². The Morgan fingerprint density at radius 2 is 0.975 bits per heavy atom. The van der Waals surface area contributed by atoms with Crippen LogP contribution < -0.4 is 0 Å². The SMILES string of the molecule is CC[Si](CC)(CC)O[C@H](C[C@@H]1CC[C@H]([C@@H](C)C(=O)C[C@@H]2CC[C@@H]([C@H](C)C(=O)O[C@H](C[C@@H]3CC[C@H]([C@@H](C)C(=O)C[C@@H]4CC[C@@H]([C@H](C)C(=O)N5C(=O)OC[C@@H]5c5ccccc5)O4)O3)[C@@H](C)[C@@H]3CC[C@@H](C)O3)O2)O1)[C@@H](C)[C@@H]1CC[C@@H](C)O1. The molecule has 0 aromatic heterocycles. The molecule has 0 unspecified atom stereocenters. The van der Waals surface area contributed by atoms with Gasteiger partial charge in [-0.2, -0.15) is 0 Å². The predicted molar refractivity (Wildman–Crippen MR) is 302 cm³/mol. The van der Waals surface area contributed by atoms with Crippen LogP contribution in [-0.4, -0.2) is 135 Å². The maximum absolute atomic E-state index is 14.2. The number of benzene rings is 1. The molecule has 15 nitrogen and oxygen atoms in total. The van der Waals surface area contributed by atoms with Gasteiger partial charge in [-0.25, -0.2) is 9.69 Å². The number of ether oxygens (including phenoxy) is 8. The molecule has 7 fully saturated rings. The van der Waals surface area contributed by atoms with Gasteiger partial charge >= 0.3 is 12.1 Å². The van der Waals surface area contributed by atoms with Crippen LogP contribution in [0, 0.1) is 35.5 Å². The molecule has 1 aromatic rings. The number of imide groups is 1. The van der Waals surface area contributed by atoms with Crippen molar-refractivity contribution in [2.24, 2.45) is 35.5 Å². The lowest BCUT2D eigenvalue weighted by Crippen LogP contribution is -2.45. The first-order valence-corrected chi connectivity index (χ1v) is 33.7. The van der Waals surface area contributed by atoms with E-state index in [2.05, 4.69) is 48.5 Å². The van der Waals surface area contributed by atoms with Crippen LogP contribution in [0.15, 0.2) is 30.3 Å². The number of hydrogen-bond donors (Lipinski definition) is 0. The zero-order valence-electron chi connectivity index (χ0n) is 49.8. The minimum atomic E-state index is -1.89. The highest BCUT2D eigenvalue weighted by molar-refractivity contribution is 6.73. The first-order valence-electron chi connectivity index (χ1n) is 31.2. The lowest BCUT2D eigenvalue weighted by atomic mass is 9.90. The van der Waals surface area contributed by atoms with E-state index in [0.29, 0.717) is 44.9 Å². The summed E-state index contributed by atoms with van der Waals surface area (Å²) in [6, 6.07) is 12.2. The van der Waals surface area contributed by atoms with E-state index >= 15 is 0 Å². The van der Waals surface area contributed by atoms with Gasteiger partial charge in [-0.1, -0.05) is 85.7 Å². The summed E-state index contributed by atoms with van der Waals surface area (Å²) in [4.78, 5) is 69.7. The molecule has 2 amide bonds. The van der Waals surface area contributed by atoms with Crippen LogP contribution in [0.5, 0.6) is 0 Å². The van der Waals surface area contributed by atoms with Crippen LogP contribution in [0.3, 0.4) is 0 Å². The normalized spacial score (nSPS) is 34.2. The molecule has 0 N–H and O–H groups in total. The summed E-state index contributed by atoms with van der Waals surface area (Å²) in [7, 11) is -1.89. The first-order chi connectivity index (χ1) is 37.8. The second-order valence-electron chi connectivity index (χ2n) is 25.4. The number of nitrogens with zero attached hydrogens (tertiary/aromatic N) is 1. The molecule has 21 atom stereocenters. The van der Waals surface area contributed by atoms with E-state index in [4.69, 9.17) is 42.3 Å². The third-order valence-corrected chi connectivity index (χ3v) is 24.9. The van der Waals surface area contributed by atoms with Crippen LogP contribution in [-0.2, 0) is 61.5 Å². The Hall–Kier alpha value is -3.09. The van der Waals surface area contributed by atoms with Crippen molar-refractivity contribution < 1.29 is 66.3 Å². The molecule has 0 saturated carbocycles. The minimum Gasteiger partial charge on any atom is -0.462 e. The van der Waals surface area contributed by atoms with Crippen LogP contribution in [0.4, 0.5) is 4.79 Å². The number of carbonyl (C=O) groups excluding carboxylic acids is 5. The number of ketones is 2. The molecule has 7 aliphatic rings. The molecule has 0 bridgehead atoms. The molecule has 0 radical (unpaired) electrons. The predicted octanol–water partition coefficient (Wildman–Crippen LogP) is 11.8. The number of rotatable bonds is 27. The Balaban J connectivity index is 0.792. The average molecular weight is 1120 g/mol. The highest BCUT2D eigenvalue weighted by Gasteiger charge is 2.47. The van der Waals surface area contributed by atoms with Crippen molar-refractivity contribution in [2.75, 3.05) is 6.61 Å². The second-order valence-corrected chi connectivity index (χ2v) is 30.1. The van der Waals surface area contributed by atoms with Gasteiger partial charge in [0.25, 0.3) is 0 Å². The summed E-state index contributed by atoms with van der Waals surface area (Å²) >= 11 is 0. The van der Waals surface area contributed by atoms with Crippen molar-refractivity contribution in [2.45, 2.75) is 289 Å². The zero-order chi connectivity index (χ0) is 56.7. The summed E-state index contributed by atoms with van der Waals surface area (Å²) in [5.41, 5.74) is 0.834. The van der Waals surface area contributed by atoms with Crippen LogP contribution in [0.2, 0.25) is 18.1 Å². The van der Waals surface area contributed by atoms with Crippen molar-refractivity contribution in [3.63, 3.8) is 0 Å². The Bertz CT molecular complexity index is 2170. The third-order valence-electron chi connectivity index (χ3n) is 20.2. The van der Waals surface area contributed by atoms with Gasteiger partial charge in [0.05, 0.1) is 91.2 Å². The number of cyclic esters (lactones) is 1. The van der Waals surface area contributed by atoms with Gasteiger partial charge in [0.15, 0.2) is 8.32 Å². The van der Waals surface area contributed by atoms with Crippen LogP contribution in [0.25, 0.3) is 0 Å². The van der Waals surface area contributed by atoms with Gasteiger partial charge in [0, 0.05) is 42.9 Å². The fourth-order valence-electron chi connectivity index (χ4n) is 14.2. The van der Waals surface area contributed by atoms with E-state index in [1.165, 1.54) is 4.90 Å². The largest absolute Gasteiger partial charge is 0.462 e. The lowest BCUT2D eigenvalue weighted by Gasteiger charge is -2.38. The summed E-state index contributed by atoms with van der Waals surface area (Å²) in [6.45, 7) is 23.2. The Kier molecular flexibility index (Phi) is 22.0. The zero-order valence-corrected chi connectivity index (χ0v) is 50.8. The van der Waals surface area contributed by atoms with E-state index in [-0.39, 0.29) is 133 Å². The van der Waals surface area contributed by atoms with Crippen LogP contribution in [0.1, 0.15) is 190 Å². The van der Waals surface area contributed by atoms with Gasteiger partial charge in [-0.3, -0.25) is 19.2 Å². The molecule has 7 aliphatic heterocycles. The van der Waals surface area contributed by atoms with Gasteiger partial charge in [-0.05, 0) is 128 Å². The smallest absolute Gasteiger partial charge is 0.417 e. The van der Waals surface area contributed by atoms with Gasteiger partial charge in [0.1, 0.15) is 30.3 Å². The number of Topliss-reactive ketones (excluding diaryl/α,β-unsaturated/α-hetero) is 2. The second kappa shape index (κ2) is 28.0. The van der Waals surface area contributed by atoms with Crippen LogP contribution >= 0.6 is 0 Å². The van der Waals surface area contributed by atoms with Gasteiger partial charge in [0.2, 0.25) is 5.91 Å². The maximum atomic E-state index is 14.2. The molecule has 0 spiro atoms. The van der Waals surface area contributed by atoms with E-state index in [0.717, 1.165) is 75.1 Å². The number of hydrogen-bond acceptors (Lipinski definition) is 14. The maximum Gasteiger partial charge on any atom is 0.417 e. The van der Waals surface area contributed by atoms with Crippen molar-refractivity contribution in [3.05, 3.63) is 35.9 Å². The Morgan fingerprint density at radius 1 is 0.544 bits per heavy atom. The van der Waals surface area contributed by atoms with Crippen molar-refractivity contribution >= 4 is 37.9 Å².